The highest BCUT2D eigenvalue weighted by Crippen LogP contribution is 2.30. The SMILES string of the molecule is COc1ccc(NC(=O)Cc2csc(SCC(=O)Nc3ccc(NC(C)=O)cc3)n2)cc1OC. The minimum atomic E-state index is -0.213. The van der Waals surface area contributed by atoms with Crippen LogP contribution >= 0.6 is 23.1 Å². The number of thiazole rings is 1. The van der Waals surface area contributed by atoms with Crippen LogP contribution in [-0.2, 0) is 20.8 Å². The van der Waals surface area contributed by atoms with Crippen molar-refractivity contribution in [1.29, 1.82) is 0 Å². The van der Waals surface area contributed by atoms with Crippen molar-refractivity contribution in [2.75, 3.05) is 35.9 Å². The first kappa shape index (κ1) is 25.1. The van der Waals surface area contributed by atoms with Crippen molar-refractivity contribution in [2.24, 2.45) is 0 Å². The summed E-state index contributed by atoms with van der Waals surface area (Å²) in [4.78, 5) is 40.1. The number of amides is 3. The molecular weight excluding hydrogens is 476 g/mol. The third-order valence-corrected chi connectivity index (χ3v) is 6.43. The van der Waals surface area contributed by atoms with Crippen molar-refractivity contribution in [2.45, 2.75) is 17.7 Å². The second kappa shape index (κ2) is 12.1. The quantitative estimate of drug-likeness (QED) is 0.360. The Labute approximate surface area is 205 Å². The molecule has 0 bridgehead atoms. The lowest BCUT2D eigenvalue weighted by Crippen LogP contribution is -2.15. The van der Waals surface area contributed by atoms with E-state index in [1.807, 2.05) is 0 Å². The average Bonchev–Trinajstić information content (AvgIpc) is 3.25. The van der Waals surface area contributed by atoms with Crippen LogP contribution < -0.4 is 25.4 Å². The largest absolute Gasteiger partial charge is 0.493 e. The third kappa shape index (κ3) is 7.49. The molecule has 2 aromatic carbocycles. The van der Waals surface area contributed by atoms with Gasteiger partial charge in [0.15, 0.2) is 15.8 Å². The van der Waals surface area contributed by atoms with Crippen LogP contribution in [0, 0.1) is 0 Å². The van der Waals surface area contributed by atoms with Crippen molar-refractivity contribution < 1.29 is 23.9 Å². The van der Waals surface area contributed by atoms with E-state index in [9.17, 15) is 14.4 Å². The maximum atomic E-state index is 12.4. The summed E-state index contributed by atoms with van der Waals surface area (Å²) < 4.78 is 11.1. The Morgan fingerprint density at radius 2 is 1.50 bits per heavy atom. The molecule has 0 atom stereocenters. The van der Waals surface area contributed by atoms with E-state index in [4.69, 9.17) is 9.47 Å². The lowest BCUT2D eigenvalue weighted by Gasteiger charge is -2.10. The summed E-state index contributed by atoms with van der Waals surface area (Å²) in [5.41, 5.74) is 2.51. The Morgan fingerprint density at radius 3 is 2.15 bits per heavy atom. The van der Waals surface area contributed by atoms with Crippen LogP contribution in [0.15, 0.2) is 52.2 Å². The standard InChI is InChI=1S/C23H24N4O5S2/c1-14(28)24-15-4-6-16(7-5-15)25-22(30)13-34-23-27-18(12-33-23)11-21(29)26-17-8-9-19(31-2)20(10-17)32-3/h4-10,12H,11,13H2,1-3H3,(H,24,28)(H,25,30)(H,26,29). The zero-order chi connectivity index (χ0) is 24.5. The minimum Gasteiger partial charge on any atom is -0.493 e. The van der Waals surface area contributed by atoms with Crippen LogP contribution in [0.4, 0.5) is 17.1 Å². The number of carbonyl (C=O) groups excluding carboxylic acids is 3. The number of nitrogens with zero attached hydrogens (tertiary/aromatic N) is 1. The maximum Gasteiger partial charge on any atom is 0.234 e. The molecule has 3 rings (SSSR count). The Bertz CT molecular complexity index is 1160. The van der Waals surface area contributed by atoms with E-state index in [0.29, 0.717) is 38.6 Å². The number of benzene rings is 2. The van der Waals surface area contributed by atoms with Crippen LogP contribution in [0.3, 0.4) is 0 Å². The molecule has 178 valence electrons. The number of methoxy groups -OCH3 is 2. The van der Waals surface area contributed by atoms with Gasteiger partial charge in [-0.3, -0.25) is 14.4 Å². The Kier molecular flexibility index (Phi) is 8.88. The van der Waals surface area contributed by atoms with Crippen LogP contribution in [0.25, 0.3) is 0 Å². The number of aromatic nitrogens is 1. The zero-order valence-electron chi connectivity index (χ0n) is 18.8. The fourth-order valence-corrected chi connectivity index (χ4v) is 4.53. The number of anilines is 3. The molecule has 0 aliphatic carbocycles. The van der Waals surface area contributed by atoms with Gasteiger partial charge in [0.1, 0.15) is 0 Å². The van der Waals surface area contributed by atoms with Gasteiger partial charge in [0, 0.05) is 35.4 Å². The molecule has 0 fully saturated rings. The molecule has 34 heavy (non-hydrogen) atoms. The first-order valence-electron chi connectivity index (χ1n) is 10.1. The van der Waals surface area contributed by atoms with Gasteiger partial charge in [-0.15, -0.1) is 11.3 Å². The number of nitrogens with one attached hydrogen (secondary N) is 3. The summed E-state index contributed by atoms with van der Waals surface area (Å²) in [6.45, 7) is 1.43. The number of hydrogen-bond acceptors (Lipinski definition) is 8. The number of carbonyl (C=O) groups is 3. The van der Waals surface area contributed by atoms with E-state index in [1.165, 1.54) is 37.1 Å². The molecule has 9 nitrogen and oxygen atoms in total. The molecule has 0 aliphatic heterocycles. The van der Waals surface area contributed by atoms with Gasteiger partial charge in [-0.1, -0.05) is 11.8 Å². The Hall–Kier alpha value is -3.57. The number of thioether (sulfide) groups is 1. The summed E-state index contributed by atoms with van der Waals surface area (Å²) >= 11 is 2.68. The molecular formula is C23H24N4O5S2. The highest BCUT2D eigenvalue weighted by atomic mass is 32.2. The van der Waals surface area contributed by atoms with E-state index in [2.05, 4.69) is 20.9 Å². The normalized spacial score (nSPS) is 10.3. The van der Waals surface area contributed by atoms with Gasteiger partial charge in [-0.2, -0.15) is 0 Å². The summed E-state index contributed by atoms with van der Waals surface area (Å²) in [5.74, 6) is 0.726. The topological polar surface area (TPSA) is 119 Å². The summed E-state index contributed by atoms with van der Waals surface area (Å²) in [7, 11) is 3.08. The number of hydrogen-bond donors (Lipinski definition) is 3. The van der Waals surface area contributed by atoms with Crippen molar-refractivity contribution >= 4 is 57.9 Å². The van der Waals surface area contributed by atoms with Crippen molar-refractivity contribution in [1.82, 2.24) is 4.98 Å². The number of ether oxygens (including phenoxy) is 2. The molecule has 3 amide bonds. The monoisotopic (exact) mass is 500 g/mol. The minimum absolute atomic E-state index is 0.109. The molecule has 0 spiro atoms. The molecule has 0 radical (unpaired) electrons. The molecule has 0 aliphatic rings. The van der Waals surface area contributed by atoms with Crippen molar-refractivity contribution in [3.8, 4) is 11.5 Å². The molecule has 0 saturated heterocycles. The molecule has 0 unspecified atom stereocenters. The maximum absolute atomic E-state index is 12.4. The highest BCUT2D eigenvalue weighted by Gasteiger charge is 2.12. The fraction of sp³-hybridized carbons (Fsp3) is 0.217. The summed E-state index contributed by atoms with van der Waals surface area (Å²) in [5, 5.41) is 10.1. The lowest BCUT2D eigenvalue weighted by atomic mass is 10.2. The predicted octanol–water partition coefficient (Wildman–Crippen LogP) is 4.03. The average molecular weight is 501 g/mol. The third-order valence-electron chi connectivity index (χ3n) is 4.36. The van der Waals surface area contributed by atoms with E-state index in [-0.39, 0.29) is 29.9 Å². The fourth-order valence-electron chi connectivity index (χ4n) is 2.88. The lowest BCUT2D eigenvalue weighted by molar-refractivity contribution is -0.116. The van der Waals surface area contributed by atoms with E-state index in [0.717, 1.165) is 0 Å². The molecule has 3 aromatic rings. The first-order valence-corrected chi connectivity index (χ1v) is 12.0. The van der Waals surface area contributed by atoms with E-state index in [1.54, 1.807) is 55.0 Å². The zero-order valence-corrected chi connectivity index (χ0v) is 20.5. The Balaban J connectivity index is 1.46. The van der Waals surface area contributed by atoms with Gasteiger partial charge >= 0.3 is 0 Å². The van der Waals surface area contributed by atoms with Gasteiger partial charge < -0.3 is 25.4 Å². The van der Waals surface area contributed by atoms with Crippen molar-refractivity contribution in [3.63, 3.8) is 0 Å². The van der Waals surface area contributed by atoms with Gasteiger partial charge in [0.25, 0.3) is 0 Å². The van der Waals surface area contributed by atoms with Gasteiger partial charge in [-0.05, 0) is 36.4 Å². The molecule has 3 N–H and O–H groups in total. The van der Waals surface area contributed by atoms with Crippen molar-refractivity contribution in [3.05, 3.63) is 53.5 Å². The number of rotatable bonds is 10. The summed E-state index contributed by atoms with van der Waals surface area (Å²) in [6.07, 6.45) is 0.109. The first-order chi connectivity index (χ1) is 16.4. The Morgan fingerprint density at radius 1 is 0.882 bits per heavy atom. The molecule has 1 heterocycles. The molecule has 11 heteroatoms. The van der Waals surface area contributed by atoms with Gasteiger partial charge in [-0.25, -0.2) is 4.98 Å². The second-order valence-corrected chi connectivity index (χ2v) is 9.08. The summed E-state index contributed by atoms with van der Waals surface area (Å²) in [6, 6.07) is 12.0. The van der Waals surface area contributed by atoms with E-state index >= 15 is 0 Å². The van der Waals surface area contributed by atoms with E-state index < -0.39 is 0 Å². The van der Waals surface area contributed by atoms with Crippen LogP contribution in [-0.4, -0.2) is 42.7 Å². The predicted molar refractivity (Wildman–Crippen MR) is 134 cm³/mol. The smallest absolute Gasteiger partial charge is 0.234 e. The highest BCUT2D eigenvalue weighted by molar-refractivity contribution is 8.01. The van der Waals surface area contributed by atoms with Crippen LogP contribution in [0.2, 0.25) is 0 Å². The molecule has 0 saturated carbocycles. The van der Waals surface area contributed by atoms with Gasteiger partial charge in [0.2, 0.25) is 17.7 Å². The van der Waals surface area contributed by atoms with Crippen LogP contribution in [0.5, 0.6) is 11.5 Å². The van der Waals surface area contributed by atoms with Crippen LogP contribution in [0.1, 0.15) is 12.6 Å². The molecule has 1 aromatic heterocycles. The second-order valence-electron chi connectivity index (χ2n) is 6.99. The van der Waals surface area contributed by atoms with Gasteiger partial charge in [0.05, 0.1) is 32.1 Å².